The van der Waals surface area contributed by atoms with Crippen LogP contribution in [-0.2, 0) is 22.9 Å². The number of carbonyl (C=O) groups excluding carboxylic acids is 1. The first-order chi connectivity index (χ1) is 13.9. The fourth-order valence-corrected chi connectivity index (χ4v) is 6.08. The normalized spacial score (nSPS) is 17.9. The lowest BCUT2D eigenvalue weighted by atomic mass is 10.0. The average molecular weight is 413 g/mol. The predicted molar refractivity (Wildman–Crippen MR) is 114 cm³/mol. The molecule has 1 atom stereocenters. The highest BCUT2D eigenvalue weighted by molar-refractivity contribution is 7.89. The van der Waals surface area contributed by atoms with Crippen LogP contribution in [0, 0.1) is 6.92 Å². The molecule has 1 aliphatic carbocycles. The quantitative estimate of drug-likeness (QED) is 0.813. The fraction of sp³-hybridized carbons (Fsp3) is 0.435. The SMILES string of the molecule is Cc1ccc(C(=O)N[C@H](C)c2ccc3c(c2)CCC3)cc1S(=O)(=O)N1CCCC1. The zero-order valence-electron chi connectivity index (χ0n) is 17.1. The Morgan fingerprint density at radius 3 is 2.48 bits per heavy atom. The van der Waals surface area contributed by atoms with E-state index in [1.54, 1.807) is 19.1 Å². The van der Waals surface area contributed by atoms with Gasteiger partial charge in [-0.1, -0.05) is 24.3 Å². The van der Waals surface area contributed by atoms with Crippen LogP contribution in [0.15, 0.2) is 41.3 Å². The van der Waals surface area contributed by atoms with E-state index < -0.39 is 10.0 Å². The molecule has 1 aliphatic heterocycles. The molecule has 0 radical (unpaired) electrons. The van der Waals surface area contributed by atoms with E-state index in [4.69, 9.17) is 0 Å². The molecular formula is C23H28N2O3S. The van der Waals surface area contributed by atoms with Crippen molar-refractivity contribution < 1.29 is 13.2 Å². The van der Waals surface area contributed by atoms with Crippen LogP contribution in [0.5, 0.6) is 0 Å². The Morgan fingerprint density at radius 1 is 1.00 bits per heavy atom. The van der Waals surface area contributed by atoms with Gasteiger partial charge in [-0.2, -0.15) is 4.31 Å². The molecule has 4 rings (SSSR count). The van der Waals surface area contributed by atoms with Crippen LogP contribution < -0.4 is 5.32 Å². The summed E-state index contributed by atoms with van der Waals surface area (Å²) >= 11 is 0. The number of aryl methyl sites for hydroxylation is 3. The second-order valence-electron chi connectivity index (χ2n) is 8.17. The van der Waals surface area contributed by atoms with E-state index in [9.17, 15) is 13.2 Å². The van der Waals surface area contributed by atoms with Gasteiger partial charge in [-0.3, -0.25) is 4.79 Å². The summed E-state index contributed by atoms with van der Waals surface area (Å²) in [5.74, 6) is -0.254. The van der Waals surface area contributed by atoms with Crippen LogP contribution in [0.25, 0.3) is 0 Å². The molecule has 1 N–H and O–H groups in total. The van der Waals surface area contributed by atoms with Gasteiger partial charge in [-0.05, 0) is 80.3 Å². The van der Waals surface area contributed by atoms with Gasteiger partial charge in [-0.25, -0.2) is 8.42 Å². The Morgan fingerprint density at radius 2 is 1.72 bits per heavy atom. The molecule has 2 aromatic carbocycles. The largest absolute Gasteiger partial charge is 0.346 e. The van der Waals surface area contributed by atoms with E-state index in [1.165, 1.54) is 27.9 Å². The molecule has 0 bridgehead atoms. The zero-order valence-corrected chi connectivity index (χ0v) is 17.9. The summed E-state index contributed by atoms with van der Waals surface area (Å²) in [7, 11) is -3.56. The minimum absolute atomic E-state index is 0.145. The summed E-state index contributed by atoms with van der Waals surface area (Å²) in [5, 5.41) is 3.02. The Bertz CT molecular complexity index is 1040. The third-order valence-corrected chi connectivity index (χ3v) is 8.14. The Labute approximate surface area is 173 Å². The fourth-order valence-electron chi connectivity index (χ4n) is 4.31. The molecule has 0 unspecified atom stereocenters. The van der Waals surface area contributed by atoms with Crippen molar-refractivity contribution in [3.63, 3.8) is 0 Å². The van der Waals surface area contributed by atoms with Gasteiger partial charge < -0.3 is 5.32 Å². The molecule has 1 saturated heterocycles. The van der Waals surface area contributed by atoms with E-state index in [-0.39, 0.29) is 16.8 Å². The van der Waals surface area contributed by atoms with Gasteiger partial charge in [0, 0.05) is 18.7 Å². The van der Waals surface area contributed by atoms with Gasteiger partial charge in [0.15, 0.2) is 0 Å². The van der Waals surface area contributed by atoms with Crippen molar-refractivity contribution >= 4 is 15.9 Å². The Hall–Kier alpha value is -2.18. The lowest BCUT2D eigenvalue weighted by Crippen LogP contribution is -2.30. The molecule has 0 aromatic heterocycles. The molecule has 2 aliphatic rings. The number of nitrogens with zero attached hydrogens (tertiary/aromatic N) is 1. The maximum atomic E-state index is 13.0. The molecule has 2 aromatic rings. The predicted octanol–water partition coefficient (Wildman–Crippen LogP) is 3.76. The first kappa shape index (κ1) is 20.1. The van der Waals surface area contributed by atoms with Gasteiger partial charge in [0.05, 0.1) is 10.9 Å². The van der Waals surface area contributed by atoms with Crippen molar-refractivity contribution in [2.75, 3.05) is 13.1 Å². The number of amides is 1. The third kappa shape index (κ3) is 3.96. The van der Waals surface area contributed by atoms with E-state index in [1.807, 2.05) is 6.92 Å². The highest BCUT2D eigenvalue weighted by Gasteiger charge is 2.29. The summed E-state index contributed by atoms with van der Waals surface area (Å²) in [6.07, 6.45) is 5.19. The molecular weight excluding hydrogens is 384 g/mol. The molecule has 5 nitrogen and oxygen atoms in total. The molecule has 29 heavy (non-hydrogen) atoms. The maximum absolute atomic E-state index is 13.0. The van der Waals surface area contributed by atoms with E-state index >= 15 is 0 Å². The van der Waals surface area contributed by atoms with Gasteiger partial charge in [0.1, 0.15) is 0 Å². The highest BCUT2D eigenvalue weighted by atomic mass is 32.2. The Kier molecular flexibility index (Phi) is 5.49. The summed E-state index contributed by atoms with van der Waals surface area (Å²) < 4.78 is 27.5. The average Bonchev–Trinajstić information content (AvgIpc) is 3.39. The smallest absolute Gasteiger partial charge is 0.251 e. The number of carbonyl (C=O) groups is 1. The third-order valence-electron chi connectivity index (χ3n) is 6.10. The van der Waals surface area contributed by atoms with Crippen molar-refractivity contribution in [1.29, 1.82) is 0 Å². The van der Waals surface area contributed by atoms with E-state index in [0.29, 0.717) is 24.2 Å². The molecule has 154 valence electrons. The first-order valence-corrected chi connectivity index (χ1v) is 11.8. The monoisotopic (exact) mass is 412 g/mol. The van der Waals surface area contributed by atoms with Crippen LogP contribution in [-0.4, -0.2) is 31.7 Å². The van der Waals surface area contributed by atoms with Crippen molar-refractivity contribution in [3.8, 4) is 0 Å². The molecule has 1 heterocycles. The van der Waals surface area contributed by atoms with Gasteiger partial charge in [0.25, 0.3) is 5.91 Å². The first-order valence-electron chi connectivity index (χ1n) is 10.4. The van der Waals surface area contributed by atoms with E-state index in [2.05, 4.69) is 23.5 Å². The van der Waals surface area contributed by atoms with Crippen molar-refractivity contribution in [1.82, 2.24) is 9.62 Å². The van der Waals surface area contributed by atoms with E-state index in [0.717, 1.165) is 31.2 Å². The summed E-state index contributed by atoms with van der Waals surface area (Å²) in [6, 6.07) is 11.2. The maximum Gasteiger partial charge on any atom is 0.251 e. The molecule has 0 spiro atoms. The van der Waals surface area contributed by atoms with Crippen LogP contribution in [0.2, 0.25) is 0 Å². The molecule has 6 heteroatoms. The van der Waals surface area contributed by atoms with Crippen LogP contribution >= 0.6 is 0 Å². The Balaban J connectivity index is 1.54. The standard InChI is InChI=1S/C23H28N2O3S/c1-16-8-9-21(15-22(16)29(27,28)25-12-3-4-13-25)23(26)24-17(2)19-11-10-18-6-5-7-20(18)14-19/h8-11,14-15,17H,3-7,12-13H2,1-2H3,(H,24,26)/t17-/m1/s1. The summed E-state index contributed by atoms with van der Waals surface area (Å²) in [6.45, 7) is 4.84. The number of hydrogen-bond donors (Lipinski definition) is 1. The van der Waals surface area contributed by atoms with Gasteiger partial charge >= 0.3 is 0 Å². The van der Waals surface area contributed by atoms with Crippen LogP contribution in [0.4, 0.5) is 0 Å². The molecule has 1 amide bonds. The summed E-state index contributed by atoms with van der Waals surface area (Å²) in [5.41, 5.74) is 4.90. The lowest BCUT2D eigenvalue weighted by Gasteiger charge is -2.19. The molecule has 0 saturated carbocycles. The number of nitrogens with one attached hydrogen (secondary N) is 1. The lowest BCUT2D eigenvalue weighted by molar-refractivity contribution is 0.0939. The second-order valence-corrected chi connectivity index (χ2v) is 10.1. The topological polar surface area (TPSA) is 66.5 Å². The number of fused-ring (bicyclic) bond motifs is 1. The van der Waals surface area contributed by atoms with Crippen molar-refractivity contribution in [3.05, 3.63) is 64.2 Å². The van der Waals surface area contributed by atoms with Crippen LogP contribution in [0.1, 0.15) is 64.8 Å². The summed E-state index contributed by atoms with van der Waals surface area (Å²) in [4.78, 5) is 13.1. The molecule has 1 fully saturated rings. The highest BCUT2D eigenvalue weighted by Crippen LogP contribution is 2.27. The van der Waals surface area contributed by atoms with Crippen molar-refractivity contribution in [2.45, 2.75) is 56.9 Å². The zero-order chi connectivity index (χ0) is 20.6. The van der Waals surface area contributed by atoms with Gasteiger partial charge in [-0.15, -0.1) is 0 Å². The number of hydrogen-bond acceptors (Lipinski definition) is 3. The van der Waals surface area contributed by atoms with Gasteiger partial charge in [0.2, 0.25) is 10.0 Å². The number of sulfonamides is 1. The number of benzene rings is 2. The number of rotatable bonds is 5. The second kappa shape index (κ2) is 7.92. The minimum Gasteiger partial charge on any atom is -0.346 e. The minimum atomic E-state index is -3.56. The van der Waals surface area contributed by atoms with Crippen molar-refractivity contribution in [2.24, 2.45) is 0 Å². The van der Waals surface area contributed by atoms with Crippen LogP contribution in [0.3, 0.4) is 0 Å².